The van der Waals surface area contributed by atoms with Gasteiger partial charge in [-0.25, -0.2) is 0 Å². The molecule has 1 heterocycles. The van der Waals surface area contributed by atoms with E-state index in [0.717, 1.165) is 30.0 Å². The van der Waals surface area contributed by atoms with Gasteiger partial charge in [0.25, 0.3) is 0 Å². The smallest absolute Gasteiger partial charge is 0.147 e. The molecule has 0 saturated carbocycles. The molecule has 0 fully saturated rings. The maximum absolute atomic E-state index is 5.42. The lowest BCUT2D eigenvalue weighted by Gasteiger charge is -2.13. The standard InChI is InChI=1S/C27H26N2O2/c1-30-22-13-11-20(12-14-22)17-28-26-18-31-29-27(26)25-16-21(15-19-7-3-2-4-8-19)23-9-5-6-10-24(23)25/h2-14,18,21,25,28H,15-17H2,1H3. The van der Waals surface area contributed by atoms with E-state index in [4.69, 9.17) is 9.26 Å². The molecule has 156 valence electrons. The number of methoxy groups -OCH3 is 1. The molecule has 4 heteroatoms. The summed E-state index contributed by atoms with van der Waals surface area (Å²) in [5.41, 5.74) is 7.32. The summed E-state index contributed by atoms with van der Waals surface area (Å²) in [6.45, 7) is 0.708. The van der Waals surface area contributed by atoms with Crippen LogP contribution >= 0.6 is 0 Å². The van der Waals surface area contributed by atoms with Gasteiger partial charge < -0.3 is 14.6 Å². The quantitative estimate of drug-likeness (QED) is 0.396. The second kappa shape index (κ2) is 8.68. The van der Waals surface area contributed by atoms with Gasteiger partial charge in [0.2, 0.25) is 0 Å². The molecule has 1 aliphatic rings. The number of aromatic nitrogens is 1. The van der Waals surface area contributed by atoms with Gasteiger partial charge in [0, 0.05) is 12.5 Å². The van der Waals surface area contributed by atoms with Crippen molar-refractivity contribution >= 4 is 5.69 Å². The lowest BCUT2D eigenvalue weighted by Crippen LogP contribution is -2.05. The molecule has 1 N–H and O–H groups in total. The van der Waals surface area contributed by atoms with E-state index in [-0.39, 0.29) is 5.92 Å². The first kappa shape index (κ1) is 19.4. The summed E-state index contributed by atoms with van der Waals surface area (Å²) >= 11 is 0. The highest BCUT2D eigenvalue weighted by Gasteiger charge is 2.34. The molecule has 5 rings (SSSR count). The van der Waals surface area contributed by atoms with Crippen LogP contribution in [0.4, 0.5) is 5.69 Å². The second-order valence-corrected chi connectivity index (χ2v) is 8.12. The summed E-state index contributed by atoms with van der Waals surface area (Å²) in [6.07, 6.45) is 3.81. The molecular weight excluding hydrogens is 384 g/mol. The fraction of sp³-hybridized carbons (Fsp3) is 0.222. The number of rotatable bonds is 7. The van der Waals surface area contributed by atoms with Crippen LogP contribution < -0.4 is 10.1 Å². The molecule has 0 radical (unpaired) electrons. The third kappa shape index (κ3) is 4.06. The maximum atomic E-state index is 5.42. The van der Waals surface area contributed by atoms with Crippen molar-refractivity contribution in [2.45, 2.75) is 31.2 Å². The minimum atomic E-state index is 0.238. The van der Waals surface area contributed by atoms with Crippen LogP contribution in [0, 0.1) is 0 Å². The first-order valence-electron chi connectivity index (χ1n) is 10.8. The van der Waals surface area contributed by atoms with E-state index in [0.29, 0.717) is 12.5 Å². The van der Waals surface area contributed by atoms with Crippen LogP contribution in [0.3, 0.4) is 0 Å². The molecule has 0 spiro atoms. The Labute approximate surface area is 182 Å². The monoisotopic (exact) mass is 410 g/mol. The van der Waals surface area contributed by atoms with Crippen LogP contribution in [-0.2, 0) is 13.0 Å². The minimum Gasteiger partial charge on any atom is -0.497 e. The highest BCUT2D eigenvalue weighted by molar-refractivity contribution is 5.54. The Morgan fingerprint density at radius 3 is 2.42 bits per heavy atom. The van der Waals surface area contributed by atoms with Gasteiger partial charge in [-0.3, -0.25) is 0 Å². The largest absolute Gasteiger partial charge is 0.497 e. The van der Waals surface area contributed by atoms with E-state index in [1.807, 2.05) is 12.1 Å². The van der Waals surface area contributed by atoms with Gasteiger partial charge in [0.15, 0.2) is 0 Å². The highest BCUT2D eigenvalue weighted by atomic mass is 16.5. The molecule has 2 atom stereocenters. The van der Waals surface area contributed by atoms with E-state index < -0.39 is 0 Å². The Balaban J connectivity index is 1.36. The summed E-state index contributed by atoms with van der Waals surface area (Å²) < 4.78 is 10.7. The molecule has 31 heavy (non-hydrogen) atoms. The Morgan fingerprint density at radius 1 is 0.903 bits per heavy atom. The third-order valence-electron chi connectivity index (χ3n) is 6.23. The fourth-order valence-corrected chi connectivity index (χ4v) is 4.66. The van der Waals surface area contributed by atoms with Gasteiger partial charge in [0.1, 0.15) is 17.7 Å². The zero-order chi connectivity index (χ0) is 21.0. The van der Waals surface area contributed by atoms with Crippen molar-refractivity contribution in [1.29, 1.82) is 0 Å². The predicted molar refractivity (Wildman–Crippen MR) is 123 cm³/mol. The predicted octanol–water partition coefficient (Wildman–Crippen LogP) is 6.16. The summed E-state index contributed by atoms with van der Waals surface area (Å²) in [5.74, 6) is 1.58. The molecule has 0 bridgehead atoms. The molecule has 1 aliphatic carbocycles. The van der Waals surface area contributed by atoms with Crippen molar-refractivity contribution in [3.63, 3.8) is 0 Å². The number of ether oxygens (including phenoxy) is 1. The fourth-order valence-electron chi connectivity index (χ4n) is 4.66. The van der Waals surface area contributed by atoms with Crippen molar-refractivity contribution in [2.75, 3.05) is 12.4 Å². The summed E-state index contributed by atoms with van der Waals surface area (Å²) in [4.78, 5) is 0. The van der Waals surface area contributed by atoms with Crippen LogP contribution in [0.15, 0.2) is 89.6 Å². The Hall–Kier alpha value is -3.53. The van der Waals surface area contributed by atoms with Gasteiger partial charge in [-0.2, -0.15) is 0 Å². The van der Waals surface area contributed by atoms with Crippen molar-refractivity contribution in [3.05, 3.63) is 113 Å². The first-order chi connectivity index (χ1) is 15.3. The van der Waals surface area contributed by atoms with Gasteiger partial charge in [0.05, 0.1) is 12.8 Å². The Kier molecular flexibility index (Phi) is 5.44. The molecule has 4 nitrogen and oxygen atoms in total. The Morgan fingerprint density at radius 2 is 1.65 bits per heavy atom. The van der Waals surface area contributed by atoms with Crippen LogP contribution in [0.2, 0.25) is 0 Å². The molecule has 2 unspecified atom stereocenters. The maximum Gasteiger partial charge on any atom is 0.147 e. The zero-order valence-electron chi connectivity index (χ0n) is 17.6. The normalized spacial score (nSPS) is 17.3. The minimum absolute atomic E-state index is 0.238. The van der Waals surface area contributed by atoms with Crippen LogP contribution in [-0.4, -0.2) is 12.3 Å². The van der Waals surface area contributed by atoms with Crippen molar-refractivity contribution < 1.29 is 9.26 Å². The van der Waals surface area contributed by atoms with E-state index in [1.54, 1.807) is 13.4 Å². The number of nitrogens with one attached hydrogen (secondary N) is 1. The zero-order valence-corrected chi connectivity index (χ0v) is 17.6. The average Bonchev–Trinajstić information content (AvgIpc) is 3.43. The number of nitrogens with zero attached hydrogens (tertiary/aromatic N) is 1. The summed E-state index contributed by atoms with van der Waals surface area (Å²) in [5, 5.41) is 7.94. The number of fused-ring (bicyclic) bond motifs is 1. The molecule has 0 saturated heterocycles. The molecule has 0 amide bonds. The van der Waals surface area contributed by atoms with Crippen molar-refractivity contribution in [1.82, 2.24) is 5.16 Å². The molecule has 0 aliphatic heterocycles. The second-order valence-electron chi connectivity index (χ2n) is 8.12. The molecular formula is C27H26N2O2. The average molecular weight is 411 g/mol. The lowest BCUT2D eigenvalue weighted by molar-refractivity contribution is 0.407. The molecule has 3 aromatic carbocycles. The number of anilines is 1. The van der Waals surface area contributed by atoms with Gasteiger partial charge in [-0.05, 0) is 53.1 Å². The molecule has 1 aromatic heterocycles. The summed E-state index contributed by atoms with van der Waals surface area (Å²) in [7, 11) is 1.68. The van der Waals surface area contributed by atoms with Gasteiger partial charge in [-0.1, -0.05) is 71.9 Å². The lowest BCUT2D eigenvalue weighted by atomic mass is 9.92. The van der Waals surface area contributed by atoms with Crippen LogP contribution in [0.25, 0.3) is 0 Å². The van der Waals surface area contributed by atoms with Gasteiger partial charge in [-0.15, -0.1) is 0 Å². The van der Waals surface area contributed by atoms with E-state index >= 15 is 0 Å². The molecule has 4 aromatic rings. The third-order valence-corrected chi connectivity index (χ3v) is 6.23. The summed E-state index contributed by atoms with van der Waals surface area (Å²) in [6, 6.07) is 27.6. The Bertz CT molecular complexity index is 1140. The van der Waals surface area contributed by atoms with Crippen LogP contribution in [0.5, 0.6) is 5.75 Å². The SMILES string of the molecule is COc1ccc(CNc2conc2C2CC(Cc3ccccc3)c3ccccc32)cc1. The number of hydrogen-bond acceptors (Lipinski definition) is 4. The highest BCUT2D eigenvalue weighted by Crippen LogP contribution is 2.47. The topological polar surface area (TPSA) is 47.3 Å². The van der Waals surface area contributed by atoms with Crippen molar-refractivity contribution in [2.24, 2.45) is 0 Å². The van der Waals surface area contributed by atoms with Crippen LogP contribution in [0.1, 0.15) is 46.2 Å². The van der Waals surface area contributed by atoms with Crippen molar-refractivity contribution in [3.8, 4) is 5.75 Å². The first-order valence-corrected chi connectivity index (χ1v) is 10.8. The van der Waals surface area contributed by atoms with E-state index in [2.05, 4.69) is 77.2 Å². The number of hydrogen-bond donors (Lipinski definition) is 1. The van der Waals surface area contributed by atoms with Gasteiger partial charge >= 0.3 is 0 Å². The number of benzene rings is 3. The van der Waals surface area contributed by atoms with E-state index in [1.165, 1.54) is 22.3 Å². The van der Waals surface area contributed by atoms with E-state index in [9.17, 15) is 0 Å².